The monoisotopic (exact) mass is 373 g/mol. The van der Waals surface area contributed by atoms with E-state index in [1.165, 1.54) is 21.6 Å². The number of likely N-dealkylation sites (N-methyl/N-ethyl adjacent to an activating group) is 1. The molecule has 4 atom stereocenters. The van der Waals surface area contributed by atoms with Crippen LogP contribution in [0.2, 0.25) is 0 Å². The van der Waals surface area contributed by atoms with Crippen molar-refractivity contribution in [3.8, 4) is 6.07 Å². The first-order chi connectivity index (χ1) is 11.7. The summed E-state index contributed by atoms with van der Waals surface area (Å²) in [6, 6.07) is 9.92. The van der Waals surface area contributed by atoms with Crippen molar-refractivity contribution in [3.05, 3.63) is 35.4 Å². The molecule has 0 aromatic heterocycles. The predicted molar refractivity (Wildman–Crippen MR) is 98.2 cm³/mol. The number of nitriles is 1. The van der Waals surface area contributed by atoms with Crippen LogP contribution < -0.4 is 0 Å². The third kappa shape index (κ3) is 1.87. The number of hydrogen-bond acceptors (Lipinski definition) is 5. The molecule has 4 heterocycles. The van der Waals surface area contributed by atoms with Gasteiger partial charge in [0.25, 0.3) is 11.8 Å². The van der Waals surface area contributed by atoms with E-state index in [-0.39, 0.29) is 11.8 Å². The molecule has 4 aliphatic heterocycles. The van der Waals surface area contributed by atoms with E-state index in [4.69, 9.17) is 0 Å². The van der Waals surface area contributed by atoms with E-state index in [2.05, 4.69) is 6.07 Å². The predicted octanol–water partition coefficient (Wildman–Crippen LogP) is 3.08. The molecule has 25 heavy (non-hydrogen) atoms. The molecule has 0 saturated carbocycles. The average molecular weight is 374 g/mol. The third-order valence-corrected chi connectivity index (χ3v) is 9.44. The van der Waals surface area contributed by atoms with Crippen LogP contribution in [0.3, 0.4) is 0 Å². The lowest BCUT2D eigenvalue weighted by atomic mass is 9.79. The number of piperazine rings is 1. The topological polar surface area (TPSA) is 64.4 Å². The molecule has 5 rings (SSSR count). The lowest BCUT2D eigenvalue weighted by Crippen LogP contribution is -2.73. The summed E-state index contributed by atoms with van der Waals surface area (Å²) < 4.78 is 0. The van der Waals surface area contributed by atoms with Crippen molar-refractivity contribution in [1.82, 2.24) is 9.80 Å². The second-order valence-corrected chi connectivity index (χ2v) is 10.3. The van der Waals surface area contributed by atoms with Gasteiger partial charge in [-0.1, -0.05) is 51.4 Å². The van der Waals surface area contributed by atoms with Gasteiger partial charge < -0.3 is 9.80 Å². The Labute approximate surface area is 155 Å². The second kappa shape index (κ2) is 4.95. The smallest absolute Gasteiger partial charge is 0.261 e. The number of nitrogens with zero attached hydrogens (tertiary/aromatic N) is 3. The Kier molecular flexibility index (Phi) is 3.33. The van der Waals surface area contributed by atoms with Crippen molar-refractivity contribution in [2.24, 2.45) is 5.41 Å². The van der Waals surface area contributed by atoms with Crippen LogP contribution in [0.4, 0.5) is 0 Å². The summed E-state index contributed by atoms with van der Waals surface area (Å²) in [4.78, 5) is 27.9. The molecule has 0 aliphatic carbocycles. The summed E-state index contributed by atoms with van der Waals surface area (Å²) in [5.41, 5.74) is 1.22. The fourth-order valence-electron chi connectivity index (χ4n) is 4.17. The zero-order valence-corrected chi connectivity index (χ0v) is 16.2. The number of hydrogen-bond donors (Lipinski definition) is 0. The molecule has 1 aromatic rings. The number of benzene rings is 1. The summed E-state index contributed by atoms with van der Waals surface area (Å²) >= 11 is 0. The van der Waals surface area contributed by atoms with E-state index in [1.807, 2.05) is 38.1 Å². The Morgan fingerprint density at radius 2 is 1.80 bits per heavy atom. The summed E-state index contributed by atoms with van der Waals surface area (Å²) in [7, 11) is 4.57. The molecule has 0 radical (unpaired) electrons. The van der Waals surface area contributed by atoms with Gasteiger partial charge in [0.2, 0.25) is 0 Å². The Bertz CT molecular complexity index is 836. The standard InChI is InChI=1S/C18H19N3O2S2/c1-11-5-7-12(8-6-11)13-16(2,10-19)9-18-15(23)20(4)17(3,24-25-18)14(22)21(13)18/h5-8,13H,9H2,1-4H3/t13-,16+,17?,18?/m0/s1. The Hall–Kier alpha value is -1.65. The minimum atomic E-state index is -0.992. The molecule has 130 valence electrons. The molecule has 4 fully saturated rings. The molecule has 4 saturated heterocycles. The third-order valence-electron chi connectivity index (χ3n) is 5.74. The highest BCUT2D eigenvalue weighted by atomic mass is 33.1. The number of amides is 2. The highest BCUT2D eigenvalue weighted by Crippen LogP contribution is 2.69. The minimum absolute atomic E-state index is 0.0746. The number of rotatable bonds is 1. The fourth-order valence-corrected chi connectivity index (χ4v) is 7.75. The van der Waals surface area contributed by atoms with Gasteiger partial charge in [-0.2, -0.15) is 5.26 Å². The van der Waals surface area contributed by atoms with E-state index in [9.17, 15) is 14.9 Å². The van der Waals surface area contributed by atoms with E-state index < -0.39 is 21.2 Å². The lowest BCUT2D eigenvalue weighted by Gasteiger charge is -2.57. The zero-order valence-electron chi connectivity index (χ0n) is 14.6. The minimum Gasteiger partial charge on any atom is -0.319 e. The number of carbonyl (C=O) groups excluding carboxylic acids is 2. The van der Waals surface area contributed by atoms with Crippen LogP contribution in [0.5, 0.6) is 0 Å². The van der Waals surface area contributed by atoms with Gasteiger partial charge in [0.05, 0.1) is 17.5 Å². The molecule has 4 aliphatic rings. The van der Waals surface area contributed by atoms with Gasteiger partial charge in [-0.15, -0.1) is 0 Å². The van der Waals surface area contributed by atoms with Gasteiger partial charge >= 0.3 is 0 Å². The summed E-state index contributed by atoms with van der Waals surface area (Å²) in [5, 5.41) is 9.96. The molecule has 0 N–H and O–H groups in total. The van der Waals surface area contributed by atoms with Crippen LogP contribution in [0.15, 0.2) is 24.3 Å². The van der Waals surface area contributed by atoms with Crippen molar-refractivity contribution < 1.29 is 9.59 Å². The van der Waals surface area contributed by atoms with E-state index in [0.717, 1.165) is 11.1 Å². The average Bonchev–Trinajstić information content (AvgIpc) is 2.87. The van der Waals surface area contributed by atoms with Crippen molar-refractivity contribution in [2.45, 2.75) is 43.0 Å². The second-order valence-electron chi connectivity index (χ2n) is 7.49. The Balaban J connectivity index is 1.93. The maximum atomic E-state index is 13.4. The van der Waals surface area contributed by atoms with Gasteiger partial charge in [-0.05, 0) is 26.3 Å². The summed E-state index contributed by atoms with van der Waals surface area (Å²) in [6.45, 7) is 5.66. The summed E-state index contributed by atoms with van der Waals surface area (Å²) in [5.74, 6) is -0.155. The van der Waals surface area contributed by atoms with Crippen LogP contribution in [0.1, 0.15) is 37.4 Å². The zero-order chi connectivity index (χ0) is 18.2. The highest BCUT2D eigenvalue weighted by molar-refractivity contribution is 8.78. The maximum Gasteiger partial charge on any atom is 0.261 e. The molecule has 2 unspecified atom stereocenters. The van der Waals surface area contributed by atoms with Crippen molar-refractivity contribution in [3.63, 3.8) is 0 Å². The lowest BCUT2D eigenvalue weighted by molar-refractivity contribution is -0.164. The van der Waals surface area contributed by atoms with Gasteiger partial charge in [-0.25, -0.2) is 0 Å². The molecular weight excluding hydrogens is 354 g/mol. The first-order valence-electron chi connectivity index (χ1n) is 8.16. The number of carbonyl (C=O) groups is 2. The number of aryl methyl sites for hydroxylation is 1. The fraction of sp³-hybridized carbons (Fsp3) is 0.500. The molecule has 7 heteroatoms. The van der Waals surface area contributed by atoms with Crippen LogP contribution >= 0.6 is 21.6 Å². The molecule has 1 aromatic carbocycles. The normalized spacial score (nSPS) is 39.6. The van der Waals surface area contributed by atoms with Gasteiger partial charge in [0, 0.05) is 13.5 Å². The summed E-state index contributed by atoms with van der Waals surface area (Å²) in [6.07, 6.45) is 0.345. The Morgan fingerprint density at radius 1 is 1.16 bits per heavy atom. The first kappa shape index (κ1) is 16.8. The molecule has 2 amide bonds. The van der Waals surface area contributed by atoms with Gasteiger partial charge in [0.1, 0.15) is 0 Å². The highest BCUT2D eigenvalue weighted by Gasteiger charge is 2.74. The molecule has 2 bridgehead atoms. The van der Waals surface area contributed by atoms with Crippen molar-refractivity contribution in [2.75, 3.05) is 7.05 Å². The SMILES string of the molecule is Cc1ccc([C@@H]2N3C(=O)C4(C)SSC3(C[C@]2(C)C#N)C(=O)N4C)cc1. The maximum absolute atomic E-state index is 13.4. The number of fused-ring (bicyclic) bond motifs is 2. The van der Waals surface area contributed by atoms with Crippen LogP contribution in [0.25, 0.3) is 0 Å². The van der Waals surface area contributed by atoms with E-state index in [1.54, 1.807) is 23.8 Å². The quantitative estimate of drug-likeness (QED) is 0.708. The van der Waals surface area contributed by atoms with Crippen molar-refractivity contribution >= 4 is 33.4 Å². The van der Waals surface area contributed by atoms with Crippen LogP contribution in [0, 0.1) is 23.7 Å². The largest absolute Gasteiger partial charge is 0.319 e. The van der Waals surface area contributed by atoms with Crippen LogP contribution in [-0.4, -0.2) is 38.4 Å². The first-order valence-corrected chi connectivity index (χ1v) is 10.3. The van der Waals surface area contributed by atoms with Crippen molar-refractivity contribution in [1.29, 1.82) is 5.26 Å². The molecular formula is C18H19N3O2S2. The van der Waals surface area contributed by atoms with E-state index in [0.29, 0.717) is 6.42 Å². The van der Waals surface area contributed by atoms with E-state index >= 15 is 0 Å². The van der Waals surface area contributed by atoms with Crippen LogP contribution in [-0.2, 0) is 9.59 Å². The Morgan fingerprint density at radius 3 is 2.40 bits per heavy atom. The van der Waals surface area contributed by atoms with Gasteiger partial charge in [-0.3, -0.25) is 9.59 Å². The van der Waals surface area contributed by atoms with Gasteiger partial charge in [0.15, 0.2) is 9.74 Å². The molecule has 5 nitrogen and oxygen atoms in total. The molecule has 1 spiro atoms.